The zero-order valence-corrected chi connectivity index (χ0v) is 12.5. The molecule has 0 saturated carbocycles. The maximum atomic E-state index is 13.2. The van der Waals surface area contributed by atoms with Gasteiger partial charge in [-0.25, -0.2) is 14.2 Å². The Balaban J connectivity index is 2.68. The van der Waals surface area contributed by atoms with Crippen molar-refractivity contribution in [2.24, 2.45) is 5.73 Å². The third kappa shape index (κ3) is 5.30. The number of nitrogens with one attached hydrogen (secondary N) is 1. The summed E-state index contributed by atoms with van der Waals surface area (Å²) < 4.78 is 18.3. The minimum Gasteiger partial charge on any atom is -0.444 e. The van der Waals surface area contributed by atoms with Crippen molar-refractivity contribution in [3.05, 3.63) is 28.8 Å². The first kappa shape index (κ1) is 16.7. The molecule has 1 unspecified atom stereocenters. The molecule has 1 heterocycles. The number of halogens is 2. The fraction of sp³-hybridized carbons (Fsp3) is 0.538. The standard InChI is InChI=1S/C13H19ClFN3O2/c1-13(2,3)20-12(19)18-6-8(5-16)10-4-9(15)7-17-11(10)14/h4,7-8H,5-6,16H2,1-3H3,(H,18,19). The second-order valence-corrected chi connectivity index (χ2v) is 5.71. The summed E-state index contributed by atoms with van der Waals surface area (Å²) in [5.74, 6) is -0.835. The van der Waals surface area contributed by atoms with Crippen LogP contribution >= 0.6 is 11.6 Å². The molecule has 0 spiro atoms. The van der Waals surface area contributed by atoms with Crippen molar-refractivity contribution in [2.45, 2.75) is 32.3 Å². The zero-order chi connectivity index (χ0) is 15.3. The molecule has 112 valence electrons. The molecular formula is C13H19ClFN3O2. The lowest BCUT2D eigenvalue weighted by molar-refractivity contribution is 0.0525. The third-order valence-corrected chi connectivity index (χ3v) is 2.76. The molecule has 20 heavy (non-hydrogen) atoms. The van der Waals surface area contributed by atoms with Gasteiger partial charge in [0.1, 0.15) is 16.6 Å². The Bertz CT molecular complexity index is 477. The average Bonchev–Trinajstić information content (AvgIpc) is 2.32. The molecule has 0 fully saturated rings. The van der Waals surface area contributed by atoms with Crippen molar-refractivity contribution in [1.82, 2.24) is 10.3 Å². The highest BCUT2D eigenvalue weighted by Crippen LogP contribution is 2.22. The Hall–Kier alpha value is -1.40. The van der Waals surface area contributed by atoms with Crippen LogP contribution in [0.3, 0.4) is 0 Å². The van der Waals surface area contributed by atoms with E-state index in [0.717, 1.165) is 6.20 Å². The topological polar surface area (TPSA) is 77.2 Å². The minimum absolute atomic E-state index is 0.174. The first-order valence-corrected chi connectivity index (χ1v) is 6.58. The monoisotopic (exact) mass is 303 g/mol. The lowest BCUT2D eigenvalue weighted by atomic mass is 10.0. The zero-order valence-electron chi connectivity index (χ0n) is 11.7. The molecule has 1 aromatic heterocycles. The number of hydrogen-bond acceptors (Lipinski definition) is 4. The van der Waals surface area contributed by atoms with Crippen molar-refractivity contribution in [3.63, 3.8) is 0 Å². The van der Waals surface area contributed by atoms with Crippen LogP contribution in [0.5, 0.6) is 0 Å². The highest BCUT2D eigenvalue weighted by molar-refractivity contribution is 6.30. The molecule has 0 aliphatic rings. The van der Waals surface area contributed by atoms with Gasteiger partial charge in [-0.05, 0) is 32.4 Å². The third-order valence-electron chi connectivity index (χ3n) is 2.45. The van der Waals surface area contributed by atoms with Gasteiger partial charge in [0.25, 0.3) is 0 Å². The van der Waals surface area contributed by atoms with Gasteiger partial charge in [-0.3, -0.25) is 0 Å². The number of hydrogen-bond donors (Lipinski definition) is 2. The van der Waals surface area contributed by atoms with Gasteiger partial charge in [0.15, 0.2) is 0 Å². The SMILES string of the molecule is CC(C)(C)OC(=O)NCC(CN)c1cc(F)cnc1Cl. The van der Waals surface area contributed by atoms with Crippen LogP contribution in [0.4, 0.5) is 9.18 Å². The van der Waals surface area contributed by atoms with E-state index in [2.05, 4.69) is 10.3 Å². The van der Waals surface area contributed by atoms with Crippen molar-refractivity contribution in [3.8, 4) is 0 Å². The first-order chi connectivity index (χ1) is 9.23. The molecule has 1 amide bonds. The summed E-state index contributed by atoms with van der Waals surface area (Å²) in [5.41, 5.74) is 5.52. The van der Waals surface area contributed by atoms with Gasteiger partial charge in [0, 0.05) is 19.0 Å². The number of carbonyl (C=O) groups is 1. The molecule has 0 saturated heterocycles. The summed E-state index contributed by atoms with van der Waals surface area (Å²) in [5, 5.41) is 2.76. The molecule has 0 radical (unpaired) electrons. The second kappa shape index (κ2) is 6.85. The Morgan fingerprint density at radius 2 is 2.25 bits per heavy atom. The normalized spacial score (nSPS) is 12.9. The molecule has 1 aromatic rings. The van der Waals surface area contributed by atoms with E-state index in [1.54, 1.807) is 20.8 Å². The number of rotatable bonds is 4. The molecule has 0 aliphatic carbocycles. The van der Waals surface area contributed by atoms with Crippen LogP contribution in [0.25, 0.3) is 0 Å². The van der Waals surface area contributed by atoms with Gasteiger partial charge in [-0.1, -0.05) is 11.6 Å². The van der Waals surface area contributed by atoms with E-state index in [1.165, 1.54) is 6.07 Å². The van der Waals surface area contributed by atoms with E-state index < -0.39 is 17.5 Å². The lowest BCUT2D eigenvalue weighted by Gasteiger charge is -2.21. The molecule has 3 N–H and O–H groups in total. The van der Waals surface area contributed by atoms with Crippen molar-refractivity contribution in [1.29, 1.82) is 0 Å². The second-order valence-electron chi connectivity index (χ2n) is 5.35. The van der Waals surface area contributed by atoms with Crippen LogP contribution in [0.15, 0.2) is 12.3 Å². The Kier molecular flexibility index (Phi) is 5.71. The molecule has 0 bridgehead atoms. The number of aromatic nitrogens is 1. The average molecular weight is 304 g/mol. The molecule has 5 nitrogen and oxygen atoms in total. The lowest BCUT2D eigenvalue weighted by Crippen LogP contribution is -2.36. The maximum absolute atomic E-state index is 13.2. The van der Waals surface area contributed by atoms with Crippen molar-refractivity contribution < 1.29 is 13.9 Å². The van der Waals surface area contributed by atoms with Crippen LogP contribution < -0.4 is 11.1 Å². The van der Waals surface area contributed by atoms with Crippen LogP contribution in [0.2, 0.25) is 5.15 Å². The van der Waals surface area contributed by atoms with E-state index in [-0.39, 0.29) is 24.2 Å². The molecule has 0 aromatic carbocycles. The summed E-state index contributed by atoms with van der Waals surface area (Å²) >= 11 is 5.91. The largest absolute Gasteiger partial charge is 0.444 e. The van der Waals surface area contributed by atoms with Gasteiger partial charge >= 0.3 is 6.09 Å². The Morgan fingerprint density at radius 3 is 2.80 bits per heavy atom. The number of pyridine rings is 1. The maximum Gasteiger partial charge on any atom is 0.407 e. The molecule has 1 atom stereocenters. The molecular weight excluding hydrogens is 285 g/mol. The van der Waals surface area contributed by atoms with Crippen LogP contribution in [-0.2, 0) is 4.74 Å². The van der Waals surface area contributed by atoms with E-state index in [4.69, 9.17) is 22.1 Å². The van der Waals surface area contributed by atoms with Gasteiger partial charge in [0.2, 0.25) is 0 Å². The van der Waals surface area contributed by atoms with E-state index in [9.17, 15) is 9.18 Å². The van der Waals surface area contributed by atoms with E-state index in [0.29, 0.717) is 5.56 Å². The van der Waals surface area contributed by atoms with Gasteiger partial charge < -0.3 is 15.8 Å². The fourth-order valence-electron chi connectivity index (χ4n) is 1.57. The Morgan fingerprint density at radius 1 is 1.60 bits per heavy atom. The van der Waals surface area contributed by atoms with Crippen molar-refractivity contribution >= 4 is 17.7 Å². The predicted octanol–water partition coefficient (Wildman–Crippen LogP) is 2.44. The minimum atomic E-state index is -0.583. The van der Waals surface area contributed by atoms with Gasteiger partial charge in [-0.2, -0.15) is 0 Å². The smallest absolute Gasteiger partial charge is 0.407 e. The summed E-state index contributed by atoms with van der Waals surface area (Å²) in [4.78, 5) is 15.3. The number of nitrogens with two attached hydrogens (primary N) is 1. The number of nitrogens with zero attached hydrogens (tertiary/aromatic N) is 1. The number of amides is 1. The highest BCUT2D eigenvalue weighted by atomic mass is 35.5. The summed E-state index contributed by atoms with van der Waals surface area (Å²) in [7, 11) is 0. The summed E-state index contributed by atoms with van der Waals surface area (Å²) in [6.07, 6.45) is 0.470. The highest BCUT2D eigenvalue weighted by Gasteiger charge is 2.19. The van der Waals surface area contributed by atoms with Crippen LogP contribution in [-0.4, -0.2) is 29.8 Å². The van der Waals surface area contributed by atoms with E-state index in [1.807, 2.05) is 0 Å². The number of alkyl carbamates (subject to hydrolysis) is 1. The van der Waals surface area contributed by atoms with Crippen LogP contribution in [0, 0.1) is 5.82 Å². The number of carbonyl (C=O) groups excluding carboxylic acids is 1. The van der Waals surface area contributed by atoms with Crippen molar-refractivity contribution in [2.75, 3.05) is 13.1 Å². The predicted molar refractivity (Wildman–Crippen MR) is 75.2 cm³/mol. The first-order valence-electron chi connectivity index (χ1n) is 6.21. The fourth-order valence-corrected chi connectivity index (χ4v) is 1.82. The Labute approximate surface area is 122 Å². The van der Waals surface area contributed by atoms with E-state index >= 15 is 0 Å². The van der Waals surface area contributed by atoms with Gasteiger partial charge in [-0.15, -0.1) is 0 Å². The molecule has 7 heteroatoms. The summed E-state index contributed by atoms with van der Waals surface area (Å²) in [6.45, 7) is 5.68. The molecule has 1 rings (SSSR count). The number of ether oxygens (including phenoxy) is 1. The molecule has 0 aliphatic heterocycles. The van der Waals surface area contributed by atoms with Crippen LogP contribution in [0.1, 0.15) is 32.3 Å². The summed E-state index contributed by atoms with van der Waals surface area (Å²) in [6, 6.07) is 1.27. The van der Waals surface area contributed by atoms with Gasteiger partial charge in [0.05, 0.1) is 6.20 Å². The quantitative estimate of drug-likeness (QED) is 0.838.